The molecule has 2 N–H and O–H groups in total. The number of aromatic hydroxyl groups is 1. The largest absolute Gasteiger partial charge is 0.494 e. The van der Waals surface area contributed by atoms with Crippen LogP contribution >= 0.6 is 0 Å². The molecule has 0 amide bonds. The molecule has 4 nitrogen and oxygen atoms in total. The maximum Gasteiger partial charge on any atom is 0.251 e. The first kappa shape index (κ1) is 12.0. The van der Waals surface area contributed by atoms with E-state index in [-0.39, 0.29) is 22.4 Å². The van der Waals surface area contributed by atoms with Crippen LogP contribution in [0.25, 0.3) is 0 Å². The van der Waals surface area contributed by atoms with Crippen molar-refractivity contribution in [2.24, 2.45) is 17.8 Å². The molecule has 104 valence electrons. The van der Waals surface area contributed by atoms with Crippen molar-refractivity contribution in [2.45, 2.75) is 43.9 Å². The van der Waals surface area contributed by atoms with Gasteiger partial charge < -0.3 is 5.11 Å². The summed E-state index contributed by atoms with van der Waals surface area (Å²) in [7, 11) is 0. The van der Waals surface area contributed by atoms with Crippen LogP contribution in [0.3, 0.4) is 0 Å². The van der Waals surface area contributed by atoms with E-state index in [4.69, 9.17) is 0 Å². The average molecular weight is 270 g/mol. The summed E-state index contributed by atoms with van der Waals surface area (Å²) in [6.07, 6.45) is 7.19. The zero-order valence-corrected chi connectivity index (χ0v) is 11.4. The van der Waals surface area contributed by atoms with Gasteiger partial charge in [0.15, 0.2) is 0 Å². The molecule has 0 saturated heterocycles. The number of H-pyrrole nitrogens is 1. The summed E-state index contributed by atoms with van der Waals surface area (Å²) in [5.74, 6) is 1.98. The minimum Gasteiger partial charge on any atom is -0.494 e. The van der Waals surface area contributed by atoms with Crippen LogP contribution in [0.5, 0.6) is 5.88 Å². The molecule has 0 aromatic carbocycles. The number of hydrogen-bond donors (Lipinski definition) is 2. The number of nitrogens with zero attached hydrogens (tertiary/aromatic N) is 1. The Labute approximate surface area is 117 Å². The van der Waals surface area contributed by atoms with Gasteiger partial charge in [-0.25, -0.2) is 0 Å². The van der Waals surface area contributed by atoms with Crippen LogP contribution in [-0.2, 0) is 5.41 Å². The number of hydrogen-bond acceptors (Lipinski definition) is 3. The first-order valence-electron chi connectivity index (χ1n) is 7.46. The van der Waals surface area contributed by atoms with E-state index in [9.17, 15) is 15.2 Å². The highest BCUT2D eigenvalue weighted by Gasteiger charge is 2.52. The SMILES string of the molecule is N#Cc1c(C23CC4CC(CC(C4)C2)C3)cc(=O)[nH]c1O. The predicted molar refractivity (Wildman–Crippen MR) is 73.3 cm³/mol. The monoisotopic (exact) mass is 270 g/mol. The van der Waals surface area contributed by atoms with E-state index >= 15 is 0 Å². The molecule has 1 aromatic heterocycles. The second-order valence-corrected chi connectivity index (χ2v) is 7.08. The zero-order chi connectivity index (χ0) is 13.9. The van der Waals surface area contributed by atoms with Crippen molar-refractivity contribution in [1.82, 2.24) is 4.98 Å². The van der Waals surface area contributed by atoms with E-state index < -0.39 is 0 Å². The van der Waals surface area contributed by atoms with Crippen LogP contribution in [0, 0.1) is 29.1 Å². The molecule has 4 aliphatic rings. The van der Waals surface area contributed by atoms with Gasteiger partial charge in [-0.1, -0.05) is 0 Å². The highest BCUT2D eigenvalue weighted by molar-refractivity contribution is 5.48. The first-order chi connectivity index (χ1) is 9.59. The Morgan fingerprint density at radius 2 is 1.75 bits per heavy atom. The van der Waals surface area contributed by atoms with Crippen LogP contribution in [0.15, 0.2) is 10.9 Å². The number of rotatable bonds is 1. The lowest BCUT2D eigenvalue weighted by atomic mass is 9.48. The van der Waals surface area contributed by atoms with E-state index in [1.807, 2.05) is 0 Å². The Morgan fingerprint density at radius 1 is 1.20 bits per heavy atom. The van der Waals surface area contributed by atoms with E-state index in [1.54, 1.807) is 6.07 Å². The third-order valence-electron chi connectivity index (χ3n) is 5.74. The maximum atomic E-state index is 11.7. The molecule has 0 spiro atoms. The van der Waals surface area contributed by atoms with Crippen LogP contribution in [0.4, 0.5) is 0 Å². The molecule has 0 aliphatic heterocycles. The van der Waals surface area contributed by atoms with Crippen molar-refractivity contribution < 1.29 is 5.11 Å². The number of nitriles is 1. The average Bonchev–Trinajstić information content (AvgIpc) is 2.36. The number of aromatic amines is 1. The Balaban J connectivity index is 1.89. The predicted octanol–water partition coefficient (Wildman–Crippen LogP) is 2.42. The molecule has 4 aliphatic carbocycles. The summed E-state index contributed by atoms with van der Waals surface area (Å²) in [6, 6.07) is 3.66. The molecule has 20 heavy (non-hydrogen) atoms. The van der Waals surface area contributed by atoms with Gasteiger partial charge in [-0.05, 0) is 67.3 Å². The van der Waals surface area contributed by atoms with Gasteiger partial charge in [0, 0.05) is 6.07 Å². The van der Waals surface area contributed by atoms with Crippen LogP contribution in [0.1, 0.15) is 49.7 Å². The molecule has 0 atom stereocenters. The smallest absolute Gasteiger partial charge is 0.251 e. The van der Waals surface area contributed by atoms with Crippen molar-refractivity contribution in [2.75, 3.05) is 0 Å². The minimum atomic E-state index is -0.299. The third-order valence-corrected chi connectivity index (χ3v) is 5.74. The lowest BCUT2D eigenvalue weighted by Crippen LogP contribution is -2.49. The lowest BCUT2D eigenvalue weighted by Gasteiger charge is -2.57. The van der Waals surface area contributed by atoms with E-state index in [0.29, 0.717) is 0 Å². The van der Waals surface area contributed by atoms with Gasteiger partial charge in [0.2, 0.25) is 5.88 Å². The fourth-order valence-electron chi connectivity index (χ4n) is 5.52. The summed E-state index contributed by atoms with van der Waals surface area (Å²) in [5.41, 5.74) is 0.755. The molecule has 0 radical (unpaired) electrons. The zero-order valence-electron chi connectivity index (χ0n) is 11.4. The van der Waals surface area contributed by atoms with E-state index in [1.165, 1.54) is 19.3 Å². The van der Waals surface area contributed by atoms with Gasteiger partial charge in [0.25, 0.3) is 5.56 Å². The summed E-state index contributed by atoms with van der Waals surface area (Å²) < 4.78 is 0. The highest BCUT2D eigenvalue weighted by Crippen LogP contribution is 2.61. The molecular formula is C16H18N2O2. The van der Waals surface area contributed by atoms with Crippen molar-refractivity contribution in [3.8, 4) is 11.9 Å². The summed E-state index contributed by atoms with van der Waals surface area (Å²) in [4.78, 5) is 14.1. The summed E-state index contributed by atoms with van der Waals surface area (Å²) >= 11 is 0. The standard InChI is InChI=1S/C16H18N2O2/c17-8-12-13(4-14(19)18-15(12)20)16-5-9-1-10(6-16)3-11(2-9)7-16/h4,9-11H,1-3,5-7H2,(H2,18,19,20). The fourth-order valence-corrected chi connectivity index (χ4v) is 5.52. The van der Waals surface area contributed by atoms with Crippen molar-refractivity contribution in [3.63, 3.8) is 0 Å². The first-order valence-corrected chi connectivity index (χ1v) is 7.46. The third kappa shape index (κ3) is 1.56. The lowest BCUT2D eigenvalue weighted by molar-refractivity contribution is -0.00549. The summed E-state index contributed by atoms with van der Waals surface area (Å²) in [6.45, 7) is 0. The normalized spacial score (nSPS) is 37.9. The minimum absolute atomic E-state index is 0.0362. The molecule has 0 unspecified atom stereocenters. The molecule has 5 rings (SSSR count). The molecule has 4 saturated carbocycles. The van der Waals surface area contributed by atoms with Crippen LogP contribution in [0.2, 0.25) is 0 Å². The molecule has 4 fully saturated rings. The number of nitrogens with one attached hydrogen (secondary N) is 1. The van der Waals surface area contributed by atoms with Gasteiger partial charge in [-0.15, -0.1) is 0 Å². The quantitative estimate of drug-likeness (QED) is 0.822. The summed E-state index contributed by atoms with van der Waals surface area (Å²) in [5, 5.41) is 19.3. The Kier molecular flexibility index (Phi) is 2.33. The molecule has 1 heterocycles. The second-order valence-electron chi connectivity index (χ2n) is 7.08. The molecule has 1 aromatic rings. The maximum absolute atomic E-state index is 11.7. The van der Waals surface area contributed by atoms with Crippen molar-refractivity contribution in [3.05, 3.63) is 27.5 Å². The Bertz CT molecular complexity index is 633. The second kappa shape index (κ2) is 3.88. The molecular weight excluding hydrogens is 252 g/mol. The van der Waals surface area contributed by atoms with Gasteiger partial charge in [0.1, 0.15) is 11.6 Å². The van der Waals surface area contributed by atoms with E-state index in [2.05, 4.69) is 11.1 Å². The highest BCUT2D eigenvalue weighted by atomic mass is 16.3. The van der Waals surface area contributed by atoms with Gasteiger partial charge in [-0.2, -0.15) is 5.26 Å². The Hall–Kier alpha value is -1.76. The number of aromatic nitrogens is 1. The molecule has 4 heteroatoms. The van der Waals surface area contributed by atoms with Gasteiger partial charge >= 0.3 is 0 Å². The van der Waals surface area contributed by atoms with Crippen LogP contribution < -0.4 is 5.56 Å². The van der Waals surface area contributed by atoms with Crippen molar-refractivity contribution in [1.29, 1.82) is 5.26 Å². The van der Waals surface area contributed by atoms with Gasteiger partial charge in [-0.3, -0.25) is 9.78 Å². The van der Waals surface area contributed by atoms with Crippen LogP contribution in [-0.4, -0.2) is 10.1 Å². The van der Waals surface area contributed by atoms with Gasteiger partial charge in [0.05, 0.1) is 0 Å². The topological polar surface area (TPSA) is 76.9 Å². The fraction of sp³-hybridized carbons (Fsp3) is 0.625. The van der Waals surface area contributed by atoms with E-state index in [0.717, 1.165) is 42.6 Å². The molecule has 4 bridgehead atoms. The Morgan fingerprint density at radius 3 is 2.25 bits per heavy atom. The number of pyridine rings is 1. The van der Waals surface area contributed by atoms with Crippen molar-refractivity contribution >= 4 is 0 Å².